The van der Waals surface area contributed by atoms with E-state index >= 15 is 0 Å². The highest BCUT2D eigenvalue weighted by molar-refractivity contribution is 4.80. The monoisotopic (exact) mass is 156 g/mol. The van der Waals surface area contributed by atoms with Crippen molar-refractivity contribution in [3.05, 3.63) is 0 Å². The maximum Gasteiger partial charge on any atom is 0.0543 e. The fourth-order valence-corrected chi connectivity index (χ4v) is 1.95. The molecule has 1 rings (SSSR count). The summed E-state index contributed by atoms with van der Waals surface area (Å²) in [7, 11) is 0. The molecule has 0 aromatic rings. The fourth-order valence-electron chi connectivity index (χ4n) is 1.95. The molecule has 0 aromatic carbocycles. The fraction of sp³-hybridized carbons (Fsp3) is 1.00. The van der Waals surface area contributed by atoms with Crippen molar-refractivity contribution < 1.29 is 5.11 Å². The molecule has 66 valence electrons. The minimum atomic E-state index is -0.0204. The third-order valence-corrected chi connectivity index (χ3v) is 2.87. The molecule has 0 heterocycles. The summed E-state index contributed by atoms with van der Waals surface area (Å²) < 4.78 is 0. The van der Waals surface area contributed by atoms with Crippen LogP contribution in [0.1, 0.15) is 46.5 Å². The second-order valence-corrected chi connectivity index (χ2v) is 4.88. The lowest BCUT2D eigenvalue weighted by Crippen LogP contribution is -2.29. The van der Waals surface area contributed by atoms with Gasteiger partial charge in [0.15, 0.2) is 0 Å². The van der Waals surface area contributed by atoms with Crippen molar-refractivity contribution >= 4 is 0 Å². The van der Waals surface area contributed by atoms with Gasteiger partial charge in [0.2, 0.25) is 0 Å². The molecule has 1 N–H and O–H groups in total. The maximum absolute atomic E-state index is 9.44. The Morgan fingerprint density at radius 3 is 2.18 bits per heavy atom. The highest BCUT2D eigenvalue weighted by Gasteiger charge is 2.29. The van der Waals surface area contributed by atoms with Gasteiger partial charge in [-0.25, -0.2) is 0 Å². The van der Waals surface area contributed by atoms with E-state index in [0.717, 1.165) is 18.8 Å². The predicted molar refractivity (Wildman–Crippen MR) is 47.4 cm³/mol. The Balaban J connectivity index is 2.46. The van der Waals surface area contributed by atoms with Crippen molar-refractivity contribution in [2.24, 2.45) is 11.3 Å². The molecule has 1 saturated carbocycles. The van der Waals surface area contributed by atoms with Gasteiger partial charge < -0.3 is 5.11 Å². The maximum atomic E-state index is 9.44. The van der Waals surface area contributed by atoms with Crippen molar-refractivity contribution in [1.29, 1.82) is 0 Å². The van der Waals surface area contributed by atoms with Crippen molar-refractivity contribution in [1.82, 2.24) is 0 Å². The SMILES string of the molecule is CC(C)(C)C1CCC[C@@H](O)C1. The predicted octanol–water partition coefficient (Wildman–Crippen LogP) is 2.58. The van der Waals surface area contributed by atoms with E-state index in [0.29, 0.717) is 5.41 Å². The molecule has 1 heteroatoms. The topological polar surface area (TPSA) is 20.2 Å². The van der Waals surface area contributed by atoms with Gasteiger partial charge in [0.05, 0.1) is 6.10 Å². The third kappa shape index (κ3) is 2.48. The van der Waals surface area contributed by atoms with Crippen LogP contribution in [-0.2, 0) is 0 Å². The number of hydrogen-bond acceptors (Lipinski definition) is 1. The van der Waals surface area contributed by atoms with E-state index in [4.69, 9.17) is 0 Å². The molecule has 0 saturated heterocycles. The minimum Gasteiger partial charge on any atom is -0.393 e. The highest BCUT2D eigenvalue weighted by Crippen LogP contribution is 2.37. The van der Waals surface area contributed by atoms with Crippen LogP contribution in [0.4, 0.5) is 0 Å². The van der Waals surface area contributed by atoms with Gasteiger partial charge in [0, 0.05) is 0 Å². The zero-order valence-corrected chi connectivity index (χ0v) is 7.93. The van der Waals surface area contributed by atoms with Crippen LogP contribution in [0.25, 0.3) is 0 Å². The first-order valence-corrected chi connectivity index (χ1v) is 4.68. The number of aliphatic hydroxyl groups is 1. The summed E-state index contributed by atoms with van der Waals surface area (Å²) in [5, 5.41) is 9.44. The highest BCUT2D eigenvalue weighted by atomic mass is 16.3. The summed E-state index contributed by atoms with van der Waals surface area (Å²) in [4.78, 5) is 0. The lowest BCUT2D eigenvalue weighted by molar-refractivity contribution is 0.0586. The van der Waals surface area contributed by atoms with E-state index < -0.39 is 0 Å². The molecule has 0 amide bonds. The van der Waals surface area contributed by atoms with Crippen LogP contribution < -0.4 is 0 Å². The Bertz CT molecular complexity index is 123. The van der Waals surface area contributed by atoms with Gasteiger partial charge in [-0.15, -0.1) is 0 Å². The summed E-state index contributed by atoms with van der Waals surface area (Å²) in [6, 6.07) is 0. The van der Waals surface area contributed by atoms with E-state index in [2.05, 4.69) is 20.8 Å². The van der Waals surface area contributed by atoms with Gasteiger partial charge in [-0.1, -0.05) is 27.2 Å². The third-order valence-electron chi connectivity index (χ3n) is 2.87. The van der Waals surface area contributed by atoms with Crippen LogP contribution >= 0.6 is 0 Å². The van der Waals surface area contributed by atoms with Gasteiger partial charge in [-0.05, 0) is 30.6 Å². The normalized spacial score (nSPS) is 33.8. The zero-order chi connectivity index (χ0) is 8.48. The van der Waals surface area contributed by atoms with Crippen LogP contribution in [0.5, 0.6) is 0 Å². The Labute approximate surface area is 69.8 Å². The van der Waals surface area contributed by atoms with E-state index in [1.54, 1.807) is 0 Å². The molecule has 0 radical (unpaired) electrons. The summed E-state index contributed by atoms with van der Waals surface area (Å²) >= 11 is 0. The first-order chi connectivity index (χ1) is 5.00. The van der Waals surface area contributed by atoms with Gasteiger partial charge in [0.1, 0.15) is 0 Å². The van der Waals surface area contributed by atoms with Crippen molar-refractivity contribution in [2.45, 2.75) is 52.6 Å². The van der Waals surface area contributed by atoms with E-state index in [1.165, 1.54) is 12.8 Å². The molecular weight excluding hydrogens is 136 g/mol. The van der Waals surface area contributed by atoms with Gasteiger partial charge >= 0.3 is 0 Å². The smallest absolute Gasteiger partial charge is 0.0543 e. The zero-order valence-electron chi connectivity index (χ0n) is 7.93. The summed E-state index contributed by atoms with van der Waals surface area (Å²) in [5.74, 6) is 0.728. The molecule has 0 bridgehead atoms. The van der Waals surface area contributed by atoms with Crippen LogP contribution in [0.2, 0.25) is 0 Å². The largest absolute Gasteiger partial charge is 0.393 e. The minimum absolute atomic E-state index is 0.0204. The standard InChI is InChI=1S/C10H20O/c1-10(2,3)8-5-4-6-9(11)7-8/h8-9,11H,4-7H2,1-3H3/t8?,9-/m1/s1. The molecule has 1 aliphatic carbocycles. The quantitative estimate of drug-likeness (QED) is 0.571. The molecule has 2 atom stereocenters. The van der Waals surface area contributed by atoms with Crippen LogP contribution in [0.3, 0.4) is 0 Å². The molecular formula is C10H20O. The lowest BCUT2D eigenvalue weighted by Gasteiger charge is -2.35. The van der Waals surface area contributed by atoms with Gasteiger partial charge in [-0.3, -0.25) is 0 Å². The average Bonchev–Trinajstić information content (AvgIpc) is 1.86. The van der Waals surface area contributed by atoms with Crippen molar-refractivity contribution in [3.63, 3.8) is 0 Å². The molecule has 0 spiro atoms. The van der Waals surface area contributed by atoms with Crippen LogP contribution in [-0.4, -0.2) is 11.2 Å². The summed E-state index contributed by atoms with van der Waals surface area (Å²) in [6.07, 6.45) is 4.53. The average molecular weight is 156 g/mol. The summed E-state index contributed by atoms with van der Waals surface area (Å²) in [5.41, 5.74) is 0.390. The Morgan fingerprint density at radius 2 is 1.82 bits per heavy atom. The number of hydrogen-bond donors (Lipinski definition) is 1. The van der Waals surface area contributed by atoms with Gasteiger partial charge in [-0.2, -0.15) is 0 Å². The molecule has 1 unspecified atom stereocenters. The first kappa shape index (κ1) is 9.05. The molecule has 1 aliphatic rings. The molecule has 0 aromatic heterocycles. The molecule has 11 heavy (non-hydrogen) atoms. The molecule has 0 aliphatic heterocycles. The lowest BCUT2D eigenvalue weighted by atomic mass is 9.72. The Kier molecular flexibility index (Phi) is 2.58. The van der Waals surface area contributed by atoms with E-state index in [1.807, 2.05) is 0 Å². The van der Waals surface area contributed by atoms with Crippen molar-refractivity contribution in [2.75, 3.05) is 0 Å². The number of aliphatic hydroxyl groups excluding tert-OH is 1. The van der Waals surface area contributed by atoms with Crippen LogP contribution in [0.15, 0.2) is 0 Å². The molecule has 1 fully saturated rings. The second-order valence-electron chi connectivity index (χ2n) is 4.88. The van der Waals surface area contributed by atoms with E-state index in [9.17, 15) is 5.11 Å². The second kappa shape index (κ2) is 3.14. The van der Waals surface area contributed by atoms with Crippen LogP contribution in [0, 0.1) is 11.3 Å². The van der Waals surface area contributed by atoms with Crippen molar-refractivity contribution in [3.8, 4) is 0 Å². The number of rotatable bonds is 0. The summed E-state index contributed by atoms with van der Waals surface area (Å²) in [6.45, 7) is 6.82. The Morgan fingerprint density at radius 1 is 1.18 bits per heavy atom. The first-order valence-electron chi connectivity index (χ1n) is 4.68. The van der Waals surface area contributed by atoms with Gasteiger partial charge in [0.25, 0.3) is 0 Å². The Hall–Kier alpha value is -0.0400. The van der Waals surface area contributed by atoms with E-state index in [-0.39, 0.29) is 6.10 Å². The molecule has 1 nitrogen and oxygen atoms in total.